The van der Waals surface area contributed by atoms with E-state index in [-0.39, 0.29) is 12.4 Å². The number of thiophene rings is 1. The van der Waals surface area contributed by atoms with E-state index in [0.717, 1.165) is 34.4 Å². The molecule has 0 aromatic carbocycles. The van der Waals surface area contributed by atoms with Crippen LogP contribution < -0.4 is 4.74 Å². The molecule has 6 heteroatoms. The van der Waals surface area contributed by atoms with Crippen molar-refractivity contribution in [2.75, 3.05) is 6.61 Å². The number of ether oxygens (including phenoxy) is 1. The third-order valence-electron chi connectivity index (χ3n) is 4.99. The Kier molecular flexibility index (Phi) is 4.36. The van der Waals surface area contributed by atoms with E-state index >= 15 is 0 Å². The number of allylic oxidation sites excluding steroid dienone is 1. The Labute approximate surface area is 156 Å². The topological polar surface area (TPSA) is 57.0 Å². The first-order valence-corrected chi connectivity index (χ1v) is 9.60. The van der Waals surface area contributed by atoms with Crippen molar-refractivity contribution >= 4 is 27.3 Å². The van der Waals surface area contributed by atoms with Crippen LogP contribution in [0.4, 0.5) is 0 Å². The van der Waals surface area contributed by atoms with Crippen LogP contribution in [0.1, 0.15) is 38.6 Å². The molecule has 3 heterocycles. The highest BCUT2D eigenvalue weighted by Crippen LogP contribution is 2.39. The number of rotatable bonds is 6. The quantitative estimate of drug-likeness (QED) is 0.487. The minimum absolute atomic E-state index is 0.0187. The van der Waals surface area contributed by atoms with Crippen molar-refractivity contribution in [1.82, 2.24) is 14.5 Å². The molecule has 134 valence electrons. The smallest absolute Gasteiger partial charge is 0.226 e. The zero-order valence-electron chi connectivity index (χ0n) is 15.0. The van der Waals surface area contributed by atoms with Crippen LogP contribution in [-0.4, -0.2) is 26.9 Å². The summed E-state index contributed by atoms with van der Waals surface area (Å²) in [5.41, 5.74) is 3.99. The standard InChI is InChI=1S/C20H21N3O2S/c1-4-8-23-12(2)9-15(13(23)3)16(24)10-25-19-18-14-6-5-7-17(14)26-20(18)22-11-21-19/h4,9,11H,1,5-8,10H2,2-3H3. The summed E-state index contributed by atoms with van der Waals surface area (Å²) in [5, 5.41) is 0.995. The summed E-state index contributed by atoms with van der Waals surface area (Å²) in [6, 6.07) is 1.92. The summed E-state index contributed by atoms with van der Waals surface area (Å²) in [6.07, 6.45) is 6.66. The second kappa shape index (κ2) is 6.68. The fraction of sp³-hybridized carbons (Fsp3) is 0.350. The van der Waals surface area contributed by atoms with Gasteiger partial charge in [-0.05, 0) is 44.7 Å². The van der Waals surface area contributed by atoms with Crippen LogP contribution in [0.25, 0.3) is 10.2 Å². The zero-order chi connectivity index (χ0) is 18.3. The van der Waals surface area contributed by atoms with Gasteiger partial charge in [0.2, 0.25) is 11.7 Å². The Morgan fingerprint density at radius 3 is 3.04 bits per heavy atom. The Hall–Kier alpha value is -2.47. The predicted octanol–water partition coefficient (Wildman–Crippen LogP) is 4.05. The molecular formula is C20H21N3O2S. The highest BCUT2D eigenvalue weighted by Gasteiger charge is 2.23. The van der Waals surface area contributed by atoms with E-state index in [4.69, 9.17) is 4.74 Å². The molecule has 4 rings (SSSR count). The van der Waals surface area contributed by atoms with Crippen molar-refractivity contribution < 1.29 is 9.53 Å². The molecule has 0 fully saturated rings. The van der Waals surface area contributed by atoms with Crippen LogP contribution in [0.15, 0.2) is 25.0 Å². The average Bonchev–Trinajstić information content (AvgIpc) is 3.28. The van der Waals surface area contributed by atoms with Crippen molar-refractivity contribution in [2.45, 2.75) is 39.7 Å². The third-order valence-corrected chi connectivity index (χ3v) is 6.19. The fourth-order valence-corrected chi connectivity index (χ4v) is 4.93. The van der Waals surface area contributed by atoms with Crippen molar-refractivity contribution in [3.8, 4) is 5.88 Å². The van der Waals surface area contributed by atoms with Crippen LogP contribution in [0.2, 0.25) is 0 Å². The van der Waals surface area contributed by atoms with Gasteiger partial charge in [-0.3, -0.25) is 4.79 Å². The van der Waals surface area contributed by atoms with E-state index in [2.05, 4.69) is 21.1 Å². The summed E-state index contributed by atoms with van der Waals surface area (Å²) in [5.74, 6) is 0.495. The lowest BCUT2D eigenvalue weighted by atomic mass is 10.1. The van der Waals surface area contributed by atoms with E-state index in [0.29, 0.717) is 18.0 Å². The second-order valence-electron chi connectivity index (χ2n) is 6.61. The van der Waals surface area contributed by atoms with Gasteiger partial charge < -0.3 is 9.30 Å². The first-order valence-electron chi connectivity index (χ1n) is 8.79. The summed E-state index contributed by atoms with van der Waals surface area (Å²) >= 11 is 1.72. The molecule has 3 aromatic rings. The Morgan fingerprint density at radius 1 is 1.38 bits per heavy atom. The van der Waals surface area contributed by atoms with Gasteiger partial charge in [0, 0.05) is 28.4 Å². The molecule has 0 atom stereocenters. The van der Waals surface area contributed by atoms with Crippen molar-refractivity contribution in [1.29, 1.82) is 0 Å². The third kappa shape index (κ3) is 2.74. The van der Waals surface area contributed by atoms with Crippen molar-refractivity contribution in [3.05, 3.63) is 52.4 Å². The van der Waals surface area contributed by atoms with Crippen LogP contribution >= 0.6 is 11.3 Å². The number of aromatic nitrogens is 3. The van der Waals surface area contributed by atoms with Gasteiger partial charge in [0.15, 0.2) is 6.61 Å². The molecule has 3 aromatic heterocycles. The number of aryl methyl sites for hydroxylation is 3. The lowest BCUT2D eigenvalue weighted by Gasteiger charge is -2.08. The van der Waals surface area contributed by atoms with E-state index in [1.54, 1.807) is 11.3 Å². The summed E-state index contributed by atoms with van der Waals surface area (Å²) < 4.78 is 7.94. The molecule has 0 saturated heterocycles. The zero-order valence-corrected chi connectivity index (χ0v) is 15.9. The summed E-state index contributed by atoms with van der Waals surface area (Å²) in [6.45, 7) is 8.41. The van der Waals surface area contributed by atoms with Gasteiger partial charge in [-0.25, -0.2) is 9.97 Å². The van der Waals surface area contributed by atoms with Gasteiger partial charge in [-0.1, -0.05) is 6.08 Å². The average molecular weight is 367 g/mol. The molecule has 0 unspecified atom stereocenters. The van der Waals surface area contributed by atoms with Gasteiger partial charge in [-0.2, -0.15) is 0 Å². The highest BCUT2D eigenvalue weighted by atomic mass is 32.1. The SMILES string of the molecule is C=CCn1c(C)cc(C(=O)COc2ncnc3sc4c(c23)CCC4)c1C. The molecule has 5 nitrogen and oxygen atoms in total. The maximum atomic E-state index is 12.7. The number of carbonyl (C=O) groups is 1. The number of ketones is 1. The number of nitrogens with zero attached hydrogens (tertiary/aromatic N) is 3. The normalized spacial score (nSPS) is 13.2. The fourth-order valence-electron chi connectivity index (χ4n) is 3.71. The molecular weight excluding hydrogens is 346 g/mol. The summed E-state index contributed by atoms with van der Waals surface area (Å²) in [7, 11) is 0. The Morgan fingerprint density at radius 2 is 2.23 bits per heavy atom. The highest BCUT2D eigenvalue weighted by molar-refractivity contribution is 7.18. The molecule has 26 heavy (non-hydrogen) atoms. The molecule has 0 spiro atoms. The first-order chi connectivity index (χ1) is 12.6. The molecule has 0 amide bonds. The van der Waals surface area contributed by atoms with Gasteiger partial charge in [0.1, 0.15) is 11.2 Å². The number of Topliss-reactive ketones (excluding diaryl/α,β-unsaturated/α-hetero) is 1. The van der Waals surface area contributed by atoms with Gasteiger partial charge in [0.25, 0.3) is 0 Å². The van der Waals surface area contributed by atoms with Crippen LogP contribution in [0.5, 0.6) is 5.88 Å². The molecule has 0 aliphatic heterocycles. The van der Waals surface area contributed by atoms with Crippen LogP contribution in [0.3, 0.4) is 0 Å². The van der Waals surface area contributed by atoms with Gasteiger partial charge in [0.05, 0.1) is 5.39 Å². The van der Waals surface area contributed by atoms with Gasteiger partial charge in [-0.15, -0.1) is 17.9 Å². The van der Waals surface area contributed by atoms with Gasteiger partial charge >= 0.3 is 0 Å². The number of carbonyl (C=O) groups excluding carboxylic acids is 1. The van der Waals surface area contributed by atoms with Crippen LogP contribution in [-0.2, 0) is 19.4 Å². The molecule has 1 aliphatic rings. The Bertz CT molecular complexity index is 1020. The molecule has 0 radical (unpaired) electrons. The minimum atomic E-state index is -0.0351. The number of fused-ring (bicyclic) bond motifs is 3. The second-order valence-corrected chi connectivity index (χ2v) is 7.70. The van der Waals surface area contributed by atoms with E-state index < -0.39 is 0 Å². The maximum Gasteiger partial charge on any atom is 0.226 e. The molecule has 0 N–H and O–H groups in total. The van der Waals surface area contributed by atoms with Crippen molar-refractivity contribution in [3.63, 3.8) is 0 Å². The molecule has 0 bridgehead atoms. The minimum Gasteiger partial charge on any atom is -0.469 e. The predicted molar refractivity (Wildman–Crippen MR) is 103 cm³/mol. The Balaban J connectivity index is 1.58. The maximum absolute atomic E-state index is 12.7. The number of hydrogen-bond acceptors (Lipinski definition) is 5. The summed E-state index contributed by atoms with van der Waals surface area (Å²) in [4.78, 5) is 23.7. The monoisotopic (exact) mass is 367 g/mol. The lowest BCUT2D eigenvalue weighted by molar-refractivity contribution is 0.0918. The lowest BCUT2D eigenvalue weighted by Crippen LogP contribution is -2.13. The van der Waals surface area contributed by atoms with E-state index in [1.165, 1.54) is 23.2 Å². The first kappa shape index (κ1) is 17.0. The largest absolute Gasteiger partial charge is 0.469 e. The number of hydrogen-bond donors (Lipinski definition) is 0. The van der Waals surface area contributed by atoms with E-state index in [1.807, 2.05) is 26.0 Å². The van der Waals surface area contributed by atoms with Crippen LogP contribution in [0, 0.1) is 13.8 Å². The molecule has 0 saturated carbocycles. The molecule has 1 aliphatic carbocycles. The van der Waals surface area contributed by atoms with Crippen molar-refractivity contribution in [2.24, 2.45) is 0 Å². The van der Waals surface area contributed by atoms with E-state index in [9.17, 15) is 4.79 Å².